The van der Waals surface area contributed by atoms with E-state index in [9.17, 15) is 5.11 Å². The molecule has 0 atom stereocenters. The van der Waals surface area contributed by atoms with E-state index in [4.69, 9.17) is 9.97 Å². The number of hydrogen-bond donors (Lipinski definition) is 1. The van der Waals surface area contributed by atoms with Gasteiger partial charge in [0.25, 0.3) is 0 Å². The number of fused-ring (bicyclic) bond motifs is 3. The van der Waals surface area contributed by atoms with Gasteiger partial charge in [0.05, 0.1) is 16.9 Å². The van der Waals surface area contributed by atoms with Crippen LogP contribution in [0.4, 0.5) is 0 Å². The second-order valence-electron chi connectivity index (χ2n) is 11.8. The summed E-state index contributed by atoms with van der Waals surface area (Å²) in [7, 11) is 0. The van der Waals surface area contributed by atoms with Crippen molar-refractivity contribution >= 4 is 21.9 Å². The minimum atomic E-state index is 0.00765. The number of hydrogen-bond acceptors (Lipinski definition) is 3. The quantitative estimate of drug-likeness (QED) is 0.240. The van der Waals surface area contributed by atoms with Crippen molar-refractivity contribution in [2.75, 3.05) is 0 Å². The molecule has 7 rings (SSSR count). The summed E-state index contributed by atoms with van der Waals surface area (Å²) in [5.41, 5.74) is 9.81. The number of phenolic OH excluding ortho intramolecular Hbond substituents is 1. The highest BCUT2D eigenvalue weighted by molar-refractivity contribution is 6.08. The van der Waals surface area contributed by atoms with Crippen LogP contribution in [0.15, 0.2) is 128 Å². The van der Waals surface area contributed by atoms with E-state index in [0.717, 1.165) is 55.7 Å². The monoisotopic (exact) mass is 545 g/mol. The zero-order valence-electron chi connectivity index (χ0n) is 23.9. The first-order valence-corrected chi connectivity index (χ1v) is 14.2. The van der Waals surface area contributed by atoms with E-state index in [2.05, 4.69) is 110 Å². The van der Waals surface area contributed by atoms with E-state index in [-0.39, 0.29) is 11.2 Å². The van der Waals surface area contributed by atoms with Crippen LogP contribution < -0.4 is 0 Å². The fourth-order valence-corrected chi connectivity index (χ4v) is 5.68. The van der Waals surface area contributed by atoms with Crippen LogP contribution >= 0.6 is 0 Å². The molecule has 0 saturated carbocycles. The Kier molecular flexibility index (Phi) is 6.13. The van der Waals surface area contributed by atoms with Crippen molar-refractivity contribution in [3.8, 4) is 45.1 Å². The van der Waals surface area contributed by atoms with E-state index < -0.39 is 0 Å². The van der Waals surface area contributed by atoms with Crippen LogP contribution in [0, 0.1) is 0 Å². The molecule has 0 unspecified atom stereocenters. The van der Waals surface area contributed by atoms with E-state index in [1.165, 1.54) is 5.56 Å². The Labute approximate surface area is 245 Å². The van der Waals surface area contributed by atoms with Crippen LogP contribution in [0.2, 0.25) is 0 Å². The molecule has 4 heteroatoms. The molecule has 4 aromatic carbocycles. The number of pyridine rings is 2. The van der Waals surface area contributed by atoms with Gasteiger partial charge in [-0.2, -0.15) is 0 Å². The molecule has 0 spiro atoms. The SMILES string of the molecule is CC(C)(C)c1ccnc(-c2cc(-c3ccccc3)cc(-n3c4ccccc4c4ccc(-c5ccccc5O)nc43)c2)c1. The Balaban J connectivity index is 1.53. The van der Waals surface area contributed by atoms with E-state index >= 15 is 0 Å². The summed E-state index contributed by atoms with van der Waals surface area (Å²) in [6.45, 7) is 6.68. The molecule has 0 bridgehead atoms. The van der Waals surface area contributed by atoms with Crippen molar-refractivity contribution < 1.29 is 5.11 Å². The molecule has 0 aliphatic rings. The summed E-state index contributed by atoms with van der Waals surface area (Å²) in [4.78, 5) is 9.97. The normalized spacial score (nSPS) is 11.8. The van der Waals surface area contributed by atoms with Crippen LogP contribution in [-0.2, 0) is 5.41 Å². The highest BCUT2D eigenvalue weighted by atomic mass is 16.3. The van der Waals surface area contributed by atoms with Crippen molar-refractivity contribution in [2.24, 2.45) is 0 Å². The Morgan fingerprint density at radius 1 is 0.619 bits per heavy atom. The third-order valence-corrected chi connectivity index (χ3v) is 7.91. The van der Waals surface area contributed by atoms with Gasteiger partial charge < -0.3 is 5.11 Å². The van der Waals surface area contributed by atoms with Gasteiger partial charge in [-0.05, 0) is 82.8 Å². The maximum atomic E-state index is 10.6. The lowest BCUT2D eigenvalue weighted by Crippen LogP contribution is -2.11. The Bertz CT molecular complexity index is 2080. The molecule has 1 N–H and O–H groups in total. The first-order chi connectivity index (χ1) is 20.4. The van der Waals surface area contributed by atoms with Gasteiger partial charge in [-0.1, -0.05) is 81.4 Å². The van der Waals surface area contributed by atoms with Gasteiger partial charge >= 0.3 is 0 Å². The predicted octanol–water partition coefficient (Wildman–Crippen LogP) is 9.58. The van der Waals surface area contributed by atoms with Crippen LogP contribution in [0.3, 0.4) is 0 Å². The first-order valence-electron chi connectivity index (χ1n) is 14.2. The highest BCUT2D eigenvalue weighted by Crippen LogP contribution is 2.37. The van der Waals surface area contributed by atoms with Gasteiger partial charge in [-0.15, -0.1) is 0 Å². The maximum Gasteiger partial charge on any atom is 0.146 e. The molecule has 3 heterocycles. The van der Waals surface area contributed by atoms with Crippen molar-refractivity contribution in [2.45, 2.75) is 26.2 Å². The average molecular weight is 546 g/mol. The maximum absolute atomic E-state index is 10.6. The zero-order valence-corrected chi connectivity index (χ0v) is 23.9. The molecule has 7 aromatic rings. The summed E-state index contributed by atoms with van der Waals surface area (Å²) in [5, 5.41) is 12.8. The highest BCUT2D eigenvalue weighted by Gasteiger charge is 2.19. The van der Waals surface area contributed by atoms with Crippen molar-refractivity contribution in [3.63, 3.8) is 0 Å². The zero-order chi connectivity index (χ0) is 28.8. The first kappa shape index (κ1) is 25.7. The number of aromatic hydroxyl groups is 1. The third kappa shape index (κ3) is 4.51. The fraction of sp³-hybridized carbons (Fsp3) is 0.105. The van der Waals surface area contributed by atoms with Crippen LogP contribution in [0.1, 0.15) is 26.3 Å². The smallest absolute Gasteiger partial charge is 0.146 e. The third-order valence-electron chi connectivity index (χ3n) is 7.91. The molecule has 0 saturated heterocycles. The summed E-state index contributed by atoms with van der Waals surface area (Å²) in [5.74, 6) is 0.213. The molecule has 0 amide bonds. The molecule has 3 aromatic heterocycles. The molecule has 0 radical (unpaired) electrons. The Morgan fingerprint density at radius 2 is 1.36 bits per heavy atom. The lowest BCUT2D eigenvalue weighted by Gasteiger charge is -2.20. The number of nitrogens with zero attached hydrogens (tertiary/aromatic N) is 3. The molecule has 4 nitrogen and oxygen atoms in total. The second-order valence-corrected chi connectivity index (χ2v) is 11.8. The average Bonchev–Trinajstić information content (AvgIpc) is 3.35. The number of phenols is 1. The fourth-order valence-electron chi connectivity index (χ4n) is 5.68. The van der Waals surface area contributed by atoms with E-state index in [1.807, 2.05) is 36.5 Å². The molecule has 0 fully saturated rings. The topological polar surface area (TPSA) is 50.9 Å². The van der Waals surface area contributed by atoms with Crippen molar-refractivity contribution in [3.05, 3.63) is 133 Å². The van der Waals surface area contributed by atoms with Gasteiger partial charge in [-0.25, -0.2) is 4.98 Å². The summed E-state index contributed by atoms with van der Waals surface area (Å²) in [6.07, 6.45) is 1.91. The standard InChI is InChI=1S/C38H31N3O/c1-38(2,3)28-19-20-39-34(24-28)27-21-26(25-11-5-4-6-12-25)22-29(23-27)41-35-15-9-7-13-30(35)31-17-18-33(40-37(31)41)32-14-8-10-16-36(32)42/h4-24,42H,1-3H3. The Morgan fingerprint density at radius 3 is 2.17 bits per heavy atom. The molecule has 204 valence electrons. The summed E-state index contributed by atoms with van der Waals surface area (Å²) in [6, 6.07) is 41.3. The van der Waals surface area contributed by atoms with Crippen molar-refractivity contribution in [1.29, 1.82) is 0 Å². The van der Waals surface area contributed by atoms with Crippen molar-refractivity contribution in [1.82, 2.24) is 14.5 Å². The number of aromatic nitrogens is 3. The van der Waals surface area contributed by atoms with Crippen LogP contribution in [0.5, 0.6) is 5.75 Å². The number of rotatable bonds is 4. The predicted molar refractivity (Wildman–Crippen MR) is 173 cm³/mol. The molecule has 0 aliphatic carbocycles. The lowest BCUT2D eigenvalue weighted by molar-refractivity contribution is 0.477. The summed E-state index contributed by atoms with van der Waals surface area (Å²) >= 11 is 0. The molecular formula is C38H31N3O. The van der Waals surface area contributed by atoms with Gasteiger partial charge in [0.1, 0.15) is 11.4 Å². The minimum Gasteiger partial charge on any atom is -0.507 e. The van der Waals surface area contributed by atoms with E-state index in [1.54, 1.807) is 6.07 Å². The number of para-hydroxylation sites is 2. The van der Waals surface area contributed by atoms with Gasteiger partial charge in [0.15, 0.2) is 0 Å². The lowest BCUT2D eigenvalue weighted by atomic mass is 9.87. The minimum absolute atomic E-state index is 0.00765. The van der Waals surface area contributed by atoms with Crippen LogP contribution in [0.25, 0.3) is 61.3 Å². The molecule has 42 heavy (non-hydrogen) atoms. The number of benzene rings is 4. The van der Waals surface area contributed by atoms with Crippen LogP contribution in [-0.4, -0.2) is 19.6 Å². The van der Waals surface area contributed by atoms with Gasteiger partial charge in [0.2, 0.25) is 0 Å². The van der Waals surface area contributed by atoms with E-state index in [0.29, 0.717) is 5.56 Å². The largest absolute Gasteiger partial charge is 0.507 e. The van der Waals surface area contributed by atoms with Gasteiger partial charge in [-0.3, -0.25) is 9.55 Å². The second kappa shape index (κ2) is 10.0. The molecule has 0 aliphatic heterocycles. The summed E-state index contributed by atoms with van der Waals surface area (Å²) < 4.78 is 2.23. The Hall–Kier alpha value is -5.22. The molecular weight excluding hydrogens is 514 g/mol. The van der Waals surface area contributed by atoms with Gasteiger partial charge in [0, 0.05) is 33.8 Å².